The van der Waals surface area contributed by atoms with Crippen molar-refractivity contribution in [3.8, 4) is 0 Å². The van der Waals surface area contributed by atoms with E-state index < -0.39 is 11.7 Å². The number of pyridine rings is 1. The fraction of sp³-hybridized carbons (Fsp3) is 0.250. The first-order valence-electron chi connectivity index (χ1n) is 5.61. The lowest BCUT2D eigenvalue weighted by atomic mass is 10.2. The Kier molecular flexibility index (Phi) is 4.22. The van der Waals surface area contributed by atoms with Crippen molar-refractivity contribution in [2.24, 2.45) is 0 Å². The lowest BCUT2D eigenvalue weighted by molar-refractivity contribution is -0.137. The van der Waals surface area contributed by atoms with E-state index >= 15 is 0 Å². The number of nitrogens with one attached hydrogen (secondary N) is 1. The van der Waals surface area contributed by atoms with Crippen LogP contribution in [0.3, 0.4) is 0 Å². The van der Waals surface area contributed by atoms with Crippen molar-refractivity contribution in [3.63, 3.8) is 0 Å². The Morgan fingerprint density at radius 2 is 1.95 bits per heavy atom. The zero-order chi connectivity index (χ0) is 14.8. The number of alkyl halides is 3. The fourth-order valence-corrected chi connectivity index (χ4v) is 1.99. The molecule has 0 amide bonds. The molecule has 2 aromatic rings. The van der Waals surface area contributed by atoms with E-state index in [0.717, 1.165) is 16.1 Å². The highest BCUT2D eigenvalue weighted by Crippen LogP contribution is 2.33. The number of halogens is 4. The van der Waals surface area contributed by atoms with Crippen molar-refractivity contribution >= 4 is 21.7 Å². The van der Waals surface area contributed by atoms with Gasteiger partial charge in [-0.2, -0.15) is 18.3 Å². The molecule has 0 saturated carbocycles. The van der Waals surface area contributed by atoms with E-state index in [4.69, 9.17) is 0 Å². The van der Waals surface area contributed by atoms with E-state index in [-0.39, 0.29) is 18.1 Å². The number of aryl methyl sites for hydroxylation is 1. The maximum absolute atomic E-state index is 12.9. The van der Waals surface area contributed by atoms with Gasteiger partial charge >= 0.3 is 6.18 Å². The van der Waals surface area contributed by atoms with E-state index in [9.17, 15) is 13.2 Å². The summed E-state index contributed by atoms with van der Waals surface area (Å²) in [4.78, 5) is 3.94. The van der Waals surface area contributed by atoms with E-state index in [1.807, 2.05) is 0 Å². The third-order valence-electron chi connectivity index (χ3n) is 2.44. The van der Waals surface area contributed by atoms with E-state index in [1.54, 1.807) is 18.5 Å². The van der Waals surface area contributed by atoms with Crippen LogP contribution in [0.4, 0.5) is 19.0 Å². The maximum atomic E-state index is 12.9. The van der Waals surface area contributed by atoms with Crippen LogP contribution in [0, 0.1) is 6.92 Å². The van der Waals surface area contributed by atoms with Crippen molar-refractivity contribution in [2.75, 3.05) is 5.32 Å². The zero-order valence-corrected chi connectivity index (χ0v) is 12.0. The smallest absolute Gasteiger partial charge is 0.364 e. The molecule has 0 aliphatic carbocycles. The highest BCUT2D eigenvalue weighted by atomic mass is 79.9. The molecule has 0 saturated heterocycles. The molecular weight excluding hydrogens is 337 g/mol. The molecule has 0 radical (unpaired) electrons. The van der Waals surface area contributed by atoms with Gasteiger partial charge in [0.2, 0.25) is 0 Å². The Morgan fingerprint density at radius 1 is 1.20 bits per heavy atom. The standard InChI is InChI=1S/C12H10BrF3N4/c1-7-2-10(12(14,15)16)11(20-19-7)18-5-8-3-9(13)6-17-4-8/h2-4,6H,5H2,1H3,(H,18,20). The number of rotatable bonds is 3. The molecule has 2 rings (SSSR count). The molecule has 0 aliphatic heterocycles. The van der Waals surface area contributed by atoms with Gasteiger partial charge in [-0.1, -0.05) is 0 Å². The molecular formula is C12H10BrF3N4. The van der Waals surface area contributed by atoms with Crippen molar-refractivity contribution < 1.29 is 13.2 Å². The normalized spacial score (nSPS) is 11.4. The lowest BCUT2D eigenvalue weighted by Gasteiger charge is -2.13. The van der Waals surface area contributed by atoms with Gasteiger partial charge in [-0.25, -0.2) is 0 Å². The van der Waals surface area contributed by atoms with Gasteiger partial charge in [0.1, 0.15) is 5.56 Å². The van der Waals surface area contributed by atoms with Crippen LogP contribution in [0.2, 0.25) is 0 Å². The van der Waals surface area contributed by atoms with Crippen LogP contribution >= 0.6 is 15.9 Å². The Hall–Kier alpha value is -1.70. The summed E-state index contributed by atoms with van der Waals surface area (Å²) in [5.74, 6) is -0.289. The molecule has 8 heteroatoms. The second-order valence-electron chi connectivity index (χ2n) is 4.11. The second-order valence-corrected chi connectivity index (χ2v) is 5.03. The van der Waals surface area contributed by atoms with Gasteiger partial charge in [-0.3, -0.25) is 4.98 Å². The number of anilines is 1. The molecule has 20 heavy (non-hydrogen) atoms. The SMILES string of the molecule is Cc1cc(C(F)(F)F)c(NCc2cncc(Br)c2)nn1. The molecule has 0 bridgehead atoms. The van der Waals surface area contributed by atoms with E-state index in [0.29, 0.717) is 0 Å². The minimum atomic E-state index is -4.47. The van der Waals surface area contributed by atoms with Crippen LogP contribution in [0.5, 0.6) is 0 Å². The molecule has 2 heterocycles. The summed E-state index contributed by atoms with van der Waals surface area (Å²) in [6.07, 6.45) is -1.32. The molecule has 1 N–H and O–H groups in total. The predicted octanol–water partition coefficient (Wildman–Crippen LogP) is 3.57. The van der Waals surface area contributed by atoms with Crippen LogP contribution in [0.1, 0.15) is 16.8 Å². The summed E-state index contributed by atoms with van der Waals surface area (Å²) in [5, 5.41) is 9.85. The number of hydrogen-bond donors (Lipinski definition) is 1. The van der Waals surface area contributed by atoms with Crippen molar-refractivity contribution in [3.05, 3.63) is 45.8 Å². The molecule has 0 spiro atoms. The Balaban J connectivity index is 2.21. The average molecular weight is 347 g/mol. The zero-order valence-electron chi connectivity index (χ0n) is 10.4. The summed E-state index contributed by atoms with van der Waals surface area (Å²) in [6, 6.07) is 2.73. The number of hydrogen-bond acceptors (Lipinski definition) is 4. The first-order chi connectivity index (χ1) is 9.36. The predicted molar refractivity (Wildman–Crippen MR) is 71.0 cm³/mol. The Morgan fingerprint density at radius 3 is 2.60 bits per heavy atom. The molecule has 0 fully saturated rings. The van der Waals surface area contributed by atoms with Crippen molar-refractivity contribution in [1.82, 2.24) is 15.2 Å². The maximum Gasteiger partial charge on any atom is 0.420 e. The van der Waals surface area contributed by atoms with Crippen molar-refractivity contribution in [2.45, 2.75) is 19.6 Å². The minimum absolute atomic E-state index is 0.174. The third kappa shape index (κ3) is 3.66. The summed E-state index contributed by atoms with van der Waals surface area (Å²) in [7, 11) is 0. The van der Waals surface area contributed by atoms with Gasteiger partial charge in [0.05, 0.1) is 5.69 Å². The monoisotopic (exact) mass is 346 g/mol. The van der Waals surface area contributed by atoms with Gasteiger partial charge in [0.15, 0.2) is 5.82 Å². The molecule has 0 aliphatic rings. The summed E-state index contributed by atoms with van der Waals surface area (Å²) in [6.45, 7) is 1.64. The highest BCUT2D eigenvalue weighted by molar-refractivity contribution is 9.10. The highest BCUT2D eigenvalue weighted by Gasteiger charge is 2.34. The topological polar surface area (TPSA) is 50.7 Å². The van der Waals surface area contributed by atoms with E-state index in [2.05, 4.69) is 36.4 Å². The van der Waals surface area contributed by atoms with Gasteiger partial charge in [-0.15, -0.1) is 5.10 Å². The number of nitrogens with zero attached hydrogens (tertiary/aromatic N) is 3. The quantitative estimate of drug-likeness (QED) is 0.922. The Bertz CT molecular complexity index is 616. The molecule has 0 unspecified atom stereocenters. The van der Waals surface area contributed by atoms with E-state index in [1.165, 1.54) is 6.92 Å². The summed E-state index contributed by atoms with van der Waals surface area (Å²) >= 11 is 3.25. The molecule has 0 atom stereocenters. The largest absolute Gasteiger partial charge is 0.420 e. The fourth-order valence-electron chi connectivity index (χ4n) is 1.57. The van der Waals surface area contributed by atoms with Crippen LogP contribution in [0.25, 0.3) is 0 Å². The first-order valence-corrected chi connectivity index (χ1v) is 6.40. The molecule has 106 valence electrons. The summed E-state index contributed by atoms with van der Waals surface area (Å²) < 4.78 is 39.4. The van der Waals surface area contributed by atoms with Gasteiger partial charge < -0.3 is 5.32 Å². The summed E-state index contributed by atoms with van der Waals surface area (Å²) in [5.41, 5.74) is 0.120. The first kappa shape index (κ1) is 14.7. The second kappa shape index (κ2) is 5.74. The Labute approximate surface area is 121 Å². The molecule has 4 nitrogen and oxygen atoms in total. The van der Waals surface area contributed by atoms with Gasteiger partial charge in [0.25, 0.3) is 0 Å². The molecule has 0 aromatic carbocycles. The van der Waals surface area contributed by atoms with Crippen LogP contribution in [-0.4, -0.2) is 15.2 Å². The van der Waals surface area contributed by atoms with Gasteiger partial charge in [-0.05, 0) is 40.5 Å². The van der Waals surface area contributed by atoms with Crippen molar-refractivity contribution in [1.29, 1.82) is 0 Å². The third-order valence-corrected chi connectivity index (χ3v) is 2.88. The minimum Gasteiger partial charge on any atom is -0.364 e. The average Bonchev–Trinajstić information content (AvgIpc) is 2.36. The van der Waals surface area contributed by atoms with Gasteiger partial charge in [0, 0.05) is 23.4 Å². The van der Waals surface area contributed by atoms with Crippen LogP contribution < -0.4 is 5.32 Å². The van der Waals surface area contributed by atoms with Crippen LogP contribution in [0.15, 0.2) is 29.0 Å². The lowest BCUT2D eigenvalue weighted by Crippen LogP contribution is -2.14. The van der Waals surface area contributed by atoms with Crippen LogP contribution in [-0.2, 0) is 12.7 Å². The number of aromatic nitrogens is 3. The molecule has 2 aromatic heterocycles.